The molecule has 0 spiro atoms. The summed E-state index contributed by atoms with van der Waals surface area (Å²) in [5.74, 6) is -4.62. The van der Waals surface area contributed by atoms with Gasteiger partial charge in [-0.05, 0) is 11.4 Å². The molecule has 2 rings (SSSR count). The molecule has 0 fully saturated rings. The molecule has 0 radical (unpaired) electrons. The Labute approximate surface area is 102 Å². The van der Waals surface area contributed by atoms with Gasteiger partial charge in [0.25, 0.3) is 0 Å². The van der Waals surface area contributed by atoms with Gasteiger partial charge in [-0.1, -0.05) is 0 Å². The molecule has 0 amide bonds. The summed E-state index contributed by atoms with van der Waals surface area (Å²) in [5, 5.41) is 2.00. The van der Waals surface area contributed by atoms with Crippen LogP contribution in [-0.2, 0) is 0 Å². The Bertz CT molecular complexity index is 560. The van der Waals surface area contributed by atoms with Gasteiger partial charge >= 0.3 is 12.3 Å². The van der Waals surface area contributed by atoms with E-state index >= 15 is 0 Å². The van der Waals surface area contributed by atoms with Crippen molar-refractivity contribution in [3.8, 4) is 5.88 Å². The number of hydrogen-bond acceptors (Lipinski definition) is 5. The average Bonchev–Trinajstić information content (AvgIpc) is 2.73. The summed E-state index contributed by atoms with van der Waals surface area (Å²) >= 11 is 1.21. The molecule has 4 nitrogen and oxygen atoms in total. The maximum absolute atomic E-state index is 12.7. The summed E-state index contributed by atoms with van der Waals surface area (Å²) < 4.78 is 54.0. The van der Waals surface area contributed by atoms with E-state index in [-0.39, 0.29) is 11.8 Å². The summed E-state index contributed by atoms with van der Waals surface area (Å²) in [7, 11) is 0. The minimum absolute atomic E-state index is 0.166. The van der Waals surface area contributed by atoms with E-state index in [9.17, 15) is 17.6 Å². The van der Waals surface area contributed by atoms with E-state index in [1.807, 2.05) is 0 Å². The first-order chi connectivity index (χ1) is 8.40. The van der Waals surface area contributed by atoms with Crippen LogP contribution in [0, 0.1) is 0 Å². The molecule has 0 aliphatic rings. The number of nitrogen functional groups attached to an aromatic ring is 1. The highest BCUT2D eigenvalue weighted by molar-refractivity contribution is 7.16. The molecule has 2 aromatic heterocycles. The Morgan fingerprint density at radius 1 is 1.39 bits per heavy atom. The molecule has 0 unspecified atom stereocenters. The number of thiophene rings is 1. The highest BCUT2D eigenvalue weighted by Crippen LogP contribution is 2.29. The zero-order chi connectivity index (χ0) is 13.3. The first-order valence-corrected chi connectivity index (χ1v) is 5.57. The lowest BCUT2D eigenvalue weighted by molar-refractivity contribution is -0.148. The molecule has 0 saturated heterocycles. The lowest BCUT2D eigenvalue weighted by Crippen LogP contribution is -2.34. The lowest BCUT2D eigenvalue weighted by atomic mass is 10.3. The Morgan fingerprint density at radius 2 is 2.11 bits per heavy atom. The first-order valence-electron chi connectivity index (χ1n) is 4.69. The second-order valence-electron chi connectivity index (χ2n) is 3.38. The summed E-state index contributed by atoms with van der Waals surface area (Å²) in [5.41, 5.74) is 5.35. The third kappa shape index (κ3) is 2.45. The number of anilines is 1. The number of halogens is 4. The molecule has 0 bridgehead atoms. The van der Waals surface area contributed by atoms with Gasteiger partial charge in [-0.25, -0.2) is 13.8 Å². The van der Waals surface area contributed by atoms with E-state index in [4.69, 9.17) is 5.73 Å². The van der Waals surface area contributed by atoms with Crippen molar-refractivity contribution in [1.82, 2.24) is 9.97 Å². The summed E-state index contributed by atoms with van der Waals surface area (Å²) in [6, 6.07) is 1.54. The van der Waals surface area contributed by atoms with Gasteiger partial charge in [0, 0.05) is 0 Å². The van der Waals surface area contributed by atoms with E-state index < -0.39 is 19.0 Å². The molecule has 0 aromatic carbocycles. The Kier molecular flexibility index (Phi) is 3.24. The average molecular weight is 281 g/mol. The number of aromatic nitrogens is 2. The number of nitrogens with zero attached hydrogens (tertiary/aromatic N) is 2. The zero-order valence-corrected chi connectivity index (χ0v) is 9.56. The van der Waals surface area contributed by atoms with Crippen LogP contribution in [0.2, 0.25) is 0 Å². The van der Waals surface area contributed by atoms with Crippen LogP contribution in [0.3, 0.4) is 0 Å². The van der Waals surface area contributed by atoms with Crippen LogP contribution in [0.5, 0.6) is 5.88 Å². The predicted octanol–water partition coefficient (Wildman–Crippen LogP) is 2.55. The van der Waals surface area contributed by atoms with Gasteiger partial charge in [0.1, 0.15) is 4.83 Å². The Morgan fingerprint density at radius 3 is 2.78 bits per heavy atom. The summed E-state index contributed by atoms with van der Waals surface area (Å²) in [6.45, 7) is -1.47. The number of rotatable bonds is 4. The molecule has 2 aromatic rings. The fourth-order valence-electron chi connectivity index (χ4n) is 1.18. The molecular formula is C9H7F4N3OS. The van der Waals surface area contributed by atoms with Crippen LogP contribution in [0.15, 0.2) is 11.4 Å². The Balaban J connectivity index is 2.24. The second kappa shape index (κ2) is 4.56. The number of hydrogen-bond donors (Lipinski definition) is 1. The molecule has 18 heavy (non-hydrogen) atoms. The van der Waals surface area contributed by atoms with Crippen LogP contribution < -0.4 is 10.5 Å². The number of ether oxygens (including phenoxy) is 1. The van der Waals surface area contributed by atoms with Crippen molar-refractivity contribution in [3.05, 3.63) is 11.4 Å². The molecule has 0 aliphatic heterocycles. The third-order valence-electron chi connectivity index (χ3n) is 2.03. The maximum atomic E-state index is 12.7. The first kappa shape index (κ1) is 12.8. The number of alkyl halides is 4. The van der Waals surface area contributed by atoms with E-state index in [1.165, 1.54) is 17.4 Å². The Hall–Kier alpha value is -1.64. The molecular weight excluding hydrogens is 274 g/mol. The summed E-state index contributed by atoms with van der Waals surface area (Å²) in [4.78, 5) is 7.90. The minimum Gasteiger partial charge on any atom is -0.470 e. The van der Waals surface area contributed by atoms with Crippen molar-refractivity contribution in [2.75, 3.05) is 12.3 Å². The second-order valence-corrected chi connectivity index (χ2v) is 4.27. The van der Waals surface area contributed by atoms with Crippen molar-refractivity contribution in [2.45, 2.75) is 12.3 Å². The van der Waals surface area contributed by atoms with Crippen LogP contribution in [0.1, 0.15) is 0 Å². The van der Waals surface area contributed by atoms with Crippen molar-refractivity contribution in [2.24, 2.45) is 0 Å². The van der Waals surface area contributed by atoms with Gasteiger partial charge in [0.05, 0.1) is 5.39 Å². The van der Waals surface area contributed by atoms with Gasteiger partial charge in [-0.2, -0.15) is 13.8 Å². The topological polar surface area (TPSA) is 61.0 Å². The van der Waals surface area contributed by atoms with E-state index in [1.54, 1.807) is 5.38 Å². The highest BCUT2D eigenvalue weighted by Gasteiger charge is 2.42. The zero-order valence-electron chi connectivity index (χ0n) is 8.74. The van der Waals surface area contributed by atoms with Crippen molar-refractivity contribution < 1.29 is 22.3 Å². The van der Waals surface area contributed by atoms with E-state index in [0.29, 0.717) is 10.2 Å². The SMILES string of the molecule is Nc1nc(OCC(F)(F)C(F)F)c2ccsc2n1. The summed E-state index contributed by atoms with van der Waals surface area (Å²) in [6.07, 6.45) is -3.80. The maximum Gasteiger partial charge on any atom is 0.340 e. The largest absolute Gasteiger partial charge is 0.470 e. The molecule has 0 saturated carbocycles. The van der Waals surface area contributed by atoms with Crippen LogP contribution in [0.4, 0.5) is 23.5 Å². The molecule has 2 N–H and O–H groups in total. The van der Waals surface area contributed by atoms with E-state index in [2.05, 4.69) is 14.7 Å². The lowest BCUT2D eigenvalue weighted by Gasteiger charge is -2.15. The van der Waals surface area contributed by atoms with Crippen LogP contribution in [0.25, 0.3) is 10.2 Å². The standard InChI is InChI=1S/C9H7F4N3OS/c10-7(11)9(12,13)3-17-5-4-1-2-18-6(4)16-8(14)15-5/h1-2,7H,3H2,(H2,14,15,16). The monoisotopic (exact) mass is 281 g/mol. The minimum atomic E-state index is -4.23. The molecule has 9 heteroatoms. The molecule has 2 heterocycles. The predicted molar refractivity (Wildman–Crippen MR) is 58.3 cm³/mol. The van der Waals surface area contributed by atoms with Crippen molar-refractivity contribution in [1.29, 1.82) is 0 Å². The fraction of sp³-hybridized carbons (Fsp3) is 0.333. The number of fused-ring (bicyclic) bond motifs is 1. The molecule has 98 valence electrons. The van der Waals surface area contributed by atoms with Gasteiger partial charge < -0.3 is 10.5 Å². The van der Waals surface area contributed by atoms with Gasteiger partial charge in [-0.3, -0.25) is 0 Å². The fourth-order valence-corrected chi connectivity index (χ4v) is 1.94. The molecule has 0 atom stereocenters. The van der Waals surface area contributed by atoms with Gasteiger partial charge in [0.15, 0.2) is 6.61 Å². The van der Waals surface area contributed by atoms with Crippen molar-refractivity contribution in [3.63, 3.8) is 0 Å². The normalized spacial score (nSPS) is 12.3. The quantitative estimate of drug-likeness (QED) is 0.875. The highest BCUT2D eigenvalue weighted by atomic mass is 32.1. The third-order valence-corrected chi connectivity index (χ3v) is 2.83. The van der Waals surface area contributed by atoms with Crippen LogP contribution in [-0.4, -0.2) is 28.9 Å². The van der Waals surface area contributed by atoms with Crippen molar-refractivity contribution >= 4 is 27.5 Å². The number of nitrogens with two attached hydrogens (primary N) is 1. The van der Waals surface area contributed by atoms with Gasteiger partial charge in [0.2, 0.25) is 11.8 Å². The molecule has 0 aliphatic carbocycles. The van der Waals surface area contributed by atoms with Crippen LogP contribution >= 0.6 is 11.3 Å². The smallest absolute Gasteiger partial charge is 0.340 e. The van der Waals surface area contributed by atoms with Gasteiger partial charge in [-0.15, -0.1) is 11.3 Å². The van der Waals surface area contributed by atoms with E-state index in [0.717, 1.165) is 0 Å².